The van der Waals surface area contributed by atoms with Gasteiger partial charge in [0.1, 0.15) is 18.5 Å². The quantitative estimate of drug-likeness (QED) is 0.160. The highest BCUT2D eigenvalue weighted by Crippen LogP contribution is 2.31. The maximum atomic E-state index is 13.5. The van der Waals surface area contributed by atoms with Crippen LogP contribution in [0, 0.1) is 0 Å². The van der Waals surface area contributed by atoms with E-state index in [0.29, 0.717) is 25.1 Å². The predicted molar refractivity (Wildman–Crippen MR) is 180 cm³/mol. The third-order valence-corrected chi connectivity index (χ3v) is 8.66. The summed E-state index contributed by atoms with van der Waals surface area (Å²) in [6, 6.07) is 24.8. The number of amides is 3. The number of rotatable bonds is 13. The van der Waals surface area contributed by atoms with Gasteiger partial charge in [-0.05, 0) is 48.9 Å². The second-order valence-corrected chi connectivity index (χ2v) is 13.4. The van der Waals surface area contributed by atoms with Crippen LogP contribution < -0.4 is 21.1 Å². The highest BCUT2D eigenvalue weighted by atomic mass is 32.2. The molecule has 1 aliphatic heterocycles. The van der Waals surface area contributed by atoms with E-state index >= 15 is 0 Å². The Morgan fingerprint density at radius 3 is 2.30 bits per heavy atom. The first kappa shape index (κ1) is 35.3. The number of amidine groups is 1. The van der Waals surface area contributed by atoms with Crippen LogP contribution in [0.15, 0.2) is 89.9 Å². The van der Waals surface area contributed by atoms with Crippen LogP contribution in [0.5, 0.6) is 0 Å². The molecule has 1 fully saturated rings. The first-order valence-corrected chi connectivity index (χ1v) is 17.3. The van der Waals surface area contributed by atoms with Crippen molar-refractivity contribution in [1.29, 1.82) is 0 Å². The van der Waals surface area contributed by atoms with Crippen molar-refractivity contribution in [2.45, 2.75) is 50.9 Å². The lowest BCUT2D eigenvalue weighted by molar-refractivity contribution is -0.132. The van der Waals surface area contributed by atoms with E-state index in [4.69, 9.17) is 10.5 Å². The Bertz CT molecular complexity index is 1630. The topological polar surface area (TPSA) is 172 Å². The van der Waals surface area contributed by atoms with Crippen LogP contribution in [0.4, 0.5) is 4.79 Å². The summed E-state index contributed by atoms with van der Waals surface area (Å²) in [6.45, 7) is 3.08. The molecule has 3 aromatic carbocycles. The number of hydrogen-bond donors (Lipinski definition) is 4. The lowest BCUT2D eigenvalue weighted by Gasteiger charge is -2.39. The molecule has 0 saturated carbocycles. The molecular formula is C34H42N6O6S. The maximum absolute atomic E-state index is 13.5. The second kappa shape index (κ2) is 16.8. The summed E-state index contributed by atoms with van der Waals surface area (Å²) in [5, 5.41) is 5.69. The van der Waals surface area contributed by atoms with Crippen LogP contribution in [-0.4, -0.2) is 75.0 Å². The highest BCUT2D eigenvalue weighted by molar-refractivity contribution is 7.88. The van der Waals surface area contributed by atoms with Crippen LogP contribution in [0.3, 0.4) is 0 Å². The number of aliphatic imine (C=N–C) groups is 1. The van der Waals surface area contributed by atoms with E-state index in [-0.39, 0.29) is 43.3 Å². The summed E-state index contributed by atoms with van der Waals surface area (Å²) >= 11 is 0. The van der Waals surface area contributed by atoms with E-state index < -0.39 is 28.2 Å². The van der Waals surface area contributed by atoms with Gasteiger partial charge in [0.15, 0.2) is 0 Å². The predicted octanol–water partition coefficient (Wildman–Crippen LogP) is 2.65. The van der Waals surface area contributed by atoms with Gasteiger partial charge in [-0.15, -0.1) is 0 Å². The van der Waals surface area contributed by atoms with Gasteiger partial charge in [0.25, 0.3) is 0 Å². The molecule has 0 aliphatic carbocycles. The molecule has 1 saturated heterocycles. The highest BCUT2D eigenvalue weighted by Gasteiger charge is 2.35. The maximum Gasteiger partial charge on any atom is 0.435 e. The van der Waals surface area contributed by atoms with Crippen molar-refractivity contribution in [3.05, 3.63) is 107 Å². The van der Waals surface area contributed by atoms with Gasteiger partial charge < -0.3 is 21.1 Å². The van der Waals surface area contributed by atoms with E-state index in [1.165, 1.54) is 0 Å². The van der Waals surface area contributed by atoms with Gasteiger partial charge >= 0.3 is 6.09 Å². The molecule has 0 aromatic heterocycles. The van der Waals surface area contributed by atoms with Crippen molar-refractivity contribution in [2.75, 3.05) is 25.9 Å². The van der Waals surface area contributed by atoms with Crippen molar-refractivity contribution in [3.8, 4) is 0 Å². The zero-order valence-electron chi connectivity index (χ0n) is 26.6. The molecule has 250 valence electrons. The molecule has 3 aromatic rings. The molecule has 3 amide bonds. The summed E-state index contributed by atoms with van der Waals surface area (Å²) in [7, 11) is -3.36. The van der Waals surface area contributed by atoms with E-state index in [1.807, 2.05) is 65.6 Å². The van der Waals surface area contributed by atoms with E-state index in [2.05, 4.69) is 20.3 Å². The summed E-state index contributed by atoms with van der Waals surface area (Å²) in [6.07, 6.45) is 1.68. The lowest BCUT2D eigenvalue weighted by atomic mass is 9.85. The minimum atomic E-state index is -3.36. The number of hydrogen-bond acceptors (Lipinski definition) is 7. The number of carbonyl (C=O) groups is 3. The number of nitrogens with zero attached hydrogens (tertiary/aromatic N) is 2. The number of piperidine rings is 1. The van der Waals surface area contributed by atoms with Gasteiger partial charge in [0.2, 0.25) is 21.8 Å². The van der Waals surface area contributed by atoms with Gasteiger partial charge in [0, 0.05) is 25.2 Å². The number of ether oxygens (including phenoxy) is 1. The standard InChI is InChI=1S/C34H42N6O6S/c1-24(38-33(42)30-21-29(27-11-7-4-8-12-27)17-19-40(30)20-18-37-47(2,44)45)32(41)36-22-25-13-15-28(16-14-25)31(35)39-34(43)46-23-26-9-5-3-6-10-26/h3-16,24,29-30,37H,17-23H2,1-2H3,(H,36,41)(H,38,42)(H2,35,39,43)/t24-,29-,30+/m0/s1. The first-order chi connectivity index (χ1) is 22.5. The van der Waals surface area contributed by atoms with Gasteiger partial charge in [-0.2, -0.15) is 4.99 Å². The number of likely N-dealkylation sites (tertiary alicyclic amines) is 1. The average molecular weight is 663 g/mol. The Labute approximate surface area is 275 Å². The molecule has 1 heterocycles. The molecule has 12 nitrogen and oxygen atoms in total. The number of benzene rings is 3. The van der Waals surface area contributed by atoms with Crippen molar-refractivity contribution in [2.24, 2.45) is 10.7 Å². The fourth-order valence-electron chi connectivity index (χ4n) is 5.38. The average Bonchev–Trinajstić information content (AvgIpc) is 3.06. The Balaban J connectivity index is 1.29. The Morgan fingerprint density at radius 2 is 1.64 bits per heavy atom. The normalized spacial score (nSPS) is 17.8. The minimum absolute atomic E-state index is 0.00772. The Kier molecular flexibility index (Phi) is 12.6. The van der Waals surface area contributed by atoms with Crippen molar-refractivity contribution in [3.63, 3.8) is 0 Å². The molecule has 4 rings (SSSR count). The Hall–Kier alpha value is -4.59. The number of nitrogens with one attached hydrogen (secondary N) is 3. The second-order valence-electron chi connectivity index (χ2n) is 11.5. The van der Waals surface area contributed by atoms with E-state index in [9.17, 15) is 22.8 Å². The number of sulfonamides is 1. The van der Waals surface area contributed by atoms with Crippen LogP contribution in [0.1, 0.15) is 47.9 Å². The summed E-state index contributed by atoms with van der Waals surface area (Å²) in [5.41, 5.74) is 9.27. The van der Waals surface area contributed by atoms with Crippen molar-refractivity contribution < 1.29 is 27.5 Å². The first-order valence-electron chi connectivity index (χ1n) is 15.4. The van der Waals surface area contributed by atoms with Gasteiger partial charge in [-0.3, -0.25) is 14.5 Å². The number of nitrogens with two attached hydrogens (primary N) is 1. The zero-order chi connectivity index (χ0) is 33.8. The van der Waals surface area contributed by atoms with E-state index in [1.54, 1.807) is 31.2 Å². The molecule has 5 N–H and O–H groups in total. The molecule has 0 spiro atoms. The SMILES string of the molecule is C[C@H](NC(=O)[C@H]1C[C@@H](c2ccccc2)CCN1CCNS(C)(=O)=O)C(=O)NCc1ccc(/C(N)=N/C(=O)OCc2ccccc2)cc1. The lowest BCUT2D eigenvalue weighted by Crippen LogP contribution is -2.56. The molecule has 13 heteroatoms. The third-order valence-electron chi connectivity index (χ3n) is 7.94. The molecule has 1 aliphatic rings. The third kappa shape index (κ3) is 11.3. The summed E-state index contributed by atoms with van der Waals surface area (Å²) in [4.78, 5) is 44.3. The monoisotopic (exact) mass is 662 g/mol. The van der Waals surface area contributed by atoms with Crippen LogP contribution in [0.2, 0.25) is 0 Å². The van der Waals surface area contributed by atoms with Gasteiger partial charge in [0.05, 0.1) is 12.3 Å². The number of carbonyl (C=O) groups excluding carboxylic acids is 3. The molecule has 0 bridgehead atoms. The minimum Gasteiger partial charge on any atom is -0.443 e. The van der Waals surface area contributed by atoms with Crippen LogP contribution in [-0.2, 0) is 37.5 Å². The fraction of sp³-hybridized carbons (Fsp3) is 0.353. The van der Waals surface area contributed by atoms with Gasteiger partial charge in [-0.25, -0.2) is 17.9 Å². The van der Waals surface area contributed by atoms with Crippen LogP contribution >= 0.6 is 0 Å². The Morgan fingerprint density at radius 1 is 0.979 bits per heavy atom. The fourth-order valence-corrected chi connectivity index (χ4v) is 5.84. The van der Waals surface area contributed by atoms with Crippen LogP contribution in [0.25, 0.3) is 0 Å². The molecular weight excluding hydrogens is 620 g/mol. The summed E-state index contributed by atoms with van der Waals surface area (Å²) < 4.78 is 30.8. The largest absolute Gasteiger partial charge is 0.443 e. The smallest absolute Gasteiger partial charge is 0.435 e. The molecule has 0 radical (unpaired) electrons. The van der Waals surface area contributed by atoms with Gasteiger partial charge in [-0.1, -0.05) is 84.9 Å². The molecule has 47 heavy (non-hydrogen) atoms. The van der Waals surface area contributed by atoms with E-state index in [0.717, 1.165) is 29.4 Å². The molecule has 3 atom stereocenters. The molecule has 0 unspecified atom stereocenters. The van der Waals surface area contributed by atoms with Crippen molar-refractivity contribution in [1.82, 2.24) is 20.3 Å². The van der Waals surface area contributed by atoms with Crippen molar-refractivity contribution >= 4 is 33.8 Å². The summed E-state index contributed by atoms with van der Waals surface area (Å²) in [5.74, 6) is -0.468. The zero-order valence-corrected chi connectivity index (χ0v) is 27.4.